The summed E-state index contributed by atoms with van der Waals surface area (Å²) in [6, 6.07) is 11.1. The molecular formula is C18H17N3O6. The Labute approximate surface area is 154 Å². The first-order valence-electron chi connectivity index (χ1n) is 7.97. The maximum absolute atomic E-state index is 12.1. The van der Waals surface area contributed by atoms with Crippen LogP contribution in [-0.2, 0) is 9.53 Å². The zero-order chi connectivity index (χ0) is 19.6. The van der Waals surface area contributed by atoms with Crippen molar-refractivity contribution in [1.29, 1.82) is 0 Å². The van der Waals surface area contributed by atoms with Crippen molar-refractivity contribution in [3.05, 3.63) is 63.7 Å². The van der Waals surface area contributed by atoms with Gasteiger partial charge < -0.3 is 14.2 Å². The Morgan fingerprint density at radius 1 is 1.22 bits per heavy atom. The Bertz CT molecular complexity index is 927. The molecule has 0 saturated carbocycles. The van der Waals surface area contributed by atoms with Crippen molar-refractivity contribution in [1.82, 2.24) is 5.01 Å². The van der Waals surface area contributed by atoms with Crippen LogP contribution in [0.25, 0.3) is 0 Å². The summed E-state index contributed by atoms with van der Waals surface area (Å²) in [5, 5.41) is 16.6. The second-order valence-electron chi connectivity index (χ2n) is 5.62. The molecule has 1 amide bonds. The number of rotatable bonds is 5. The van der Waals surface area contributed by atoms with Gasteiger partial charge in [-0.2, -0.15) is 5.01 Å². The van der Waals surface area contributed by atoms with E-state index in [1.165, 1.54) is 33.3 Å². The molecule has 27 heavy (non-hydrogen) atoms. The van der Waals surface area contributed by atoms with Crippen LogP contribution in [0.2, 0.25) is 0 Å². The number of hydrogen-bond acceptors (Lipinski definition) is 7. The van der Waals surface area contributed by atoms with E-state index in [9.17, 15) is 14.9 Å². The lowest BCUT2D eigenvalue weighted by molar-refractivity contribution is -0.386. The van der Waals surface area contributed by atoms with Crippen LogP contribution in [0.4, 0.5) is 5.69 Å². The second kappa shape index (κ2) is 7.32. The highest BCUT2D eigenvalue weighted by Gasteiger charge is 2.37. The SMILES string of the molecule is COc1ccc(C2=NN(C(C)=O)[C@H](c3ccccc3[N+](=O)[O-])O2)c(OC)c1. The van der Waals surface area contributed by atoms with Crippen LogP contribution in [0.1, 0.15) is 24.3 Å². The molecule has 140 valence electrons. The van der Waals surface area contributed by atoms with Gasteiger partial charge in [0.25, 0.3) is 5.69 Å². The Morgan fingerprint density at radius 3 is 2.59 bits per heavy atom. The Hall–Kier alpha value is -3.62. The summed E-state index contributed by atoms with van der Waals surface area (Å²) >= 11 is 0. The van der Waals surface area contributed by atoms with E-state index in [0.29, 0.717) is 17.1 Å². The summed E-state index contributed by atoms with van der Waals surface area (Å²) in [6.07, 6.45) is -1.05. The van der Waals surface area contributed by atoms with Crippen molar-refractivity contribution < 1.29 is 23.9 Å². The molecule has 0 fully saturated rings. The number of amides is 1. The molecule has 1 aliphatic rings. The van der Waals surface area contributed by atoms with Gasteiger partial charge in [0.15, 0.2) is 0 Å². The van der Waals surface area contributed by atoms with Crippen molar-refractivity contribution in [2.24, 2.45) is 5.10 Å². The summed E-state index contributed by atoms with van der Waals surface area (Å²) in [5.41, 5.74) is 0.557. The largest absolute Gasteiger partial charge is 0.497 e. The highest BCUT2D eigenvalue weighted by Crippen LogP contribution is 2.37. The number of nitrogens with zero attached hydrogens (tertiary/aromatic N) is 3. The first-order valence-corrected chi connectivity index (χ1v) is 7.97. The monoisotopic (exact) mass is 371 g/mol. The number of nitro groups is 1. The average molecular weight is 371 g/mol. The predicted octanol–water partition coefficient (Wildman–Crippen LogP) is 2.85. The van der Waals surface area contributed by atoms with Gasteiger partial charge in [0.2, 0.25) is 18.0 Å². The number of ether oxygens (including phenoxy) is 3. The summed E-state index contributed by atoms with van der Waals surface area (Å²) in [4.78, 5) is 22.9. The molecule has 0 spiro atoms. The van der Waals surface area contributed by atoms with Crippen molar-refractivity contribution in [2.45, 2.75) is 13.2 Å². The maximum atomic E-state index is 12.1. The third kappa shape index (κ3) is 3.39. The fraction of sp³-hybridized carbons (Fsp3) is 0.222. The highest BCUT2D eigenvalue weighted by molar-refractivity contribution is 5.99. The average Bonchev–Trinajstić information content (AvgIpc) is 3.12. The quantitative estimate of drug-likeness (QED) is 0.591. The lowest BCUT2D eigenvalue weighted by atomic mass is 10.1. The molecule has 1 heterocycles. The number of hydrogen-bond donors (Lipinski definition) is 0. The van der Waals surface area contributed by atoms with E-state index in [1.54, 1.807) is 30.3 Å². The van der Waals surface area contributed by atoms with Gasteiger partial charge in [-0.3, -0.25) is 14.9 Å². The molecule has 0 bridgehead atoms. The smallest absolute Gasteiger partial charge is 0.278 e. The van der Waals surface area contributed by atoms with E-state index in [0.717, 1.165) is 5.01 Å². The molecule has 9 nitrogen and oxygen atoms in total. The van der Waals surface area contributed by atoms with Gasteiger partial charge in [-0.25, -0.2) is 0 Å². The minimum atomic E-state index is -1.05. The van der Waals surface area contributed by atoms with Crippen LogP contribution in [0.5, 0.6) is 11.5 Å². The summed E-state index contributed by atoms with van der Waals surface area (Å²) in [5.74, 6) is 0.709. The zero-order valence-electron chi connectivity index (χ0n) is 14.9. The van der Waals surface area contributed by atoms with Gasteiger partial charge in [0, 0.05) is 19.1 Å². The van der Waals surface area contributed by atoms with E-state index in [-0.39, 0.29) is 17.1 Å². The van der Waals surface area contributed by atoms with Gasteiger partial charge in [0.1, 0.15) is 11.5 Å². The Kier molecular flexibility index (Phi) is 4.93. The van der Waals surface area contributed by atoms with E-state index < -0.39 is 17.1 Å². The van der Waals surface area contributed by atoms with Gasteiger partial charge in [-0.15, -0.1) is 5.10 Å². The van der Waals surface area contributed by atoms with Gasteiger partial charge in [0.05, 0.1) is 30.3 Å². The van der Waals surface area contributed by atoms with Gasteiger partial charge >= 0.3 is 0 Å². The Balaban J connectivity index is 2.04. The van der Waals surface area contributed by atoms with Gasteiger partial charge in [-0.1, -0.05) is 12.1 Å². The molecule has 2 aromatic rings. The highest BCUT2D eigenvalue weighted by atomic mass is 16.6. The molecule has 0 unspecified atom stereocenters. The molecule has 9 heteroatoms. The predicted molar refractivity (Wildman–Crippen MR) is 95.5 cm³/mol. The van der Waals surface area contributed by atoms with Crippen LogP contribution in [0.3, 0.4) is 0 Å². The molecule has 0 aliphatic carbocycles. The fourth-order valence-corrected chi connectivity index (χ4v) is 2.72. The lowest BCUT2D eigenvalue weighted by Crippen LogP contribution is -2.25. The molecule has 3 rings (SSSR count). The Morgan fingerprint density at radius 2 is 1.96 bits per heavy atom. The standard InChI is InChI=1S/C18H17N3O6/c1-11(22)20-18(13-6-4-5-7-15(13)21(23)24)27-17(19-20)14-9-8-12(25-2)10-16(14)26-3/h4-10,18H,1-3H3/t18-/m0/s1. The minimum absolute atomic E-state index is 0.118. The number of carbonyl (C=O) groups is 1. The summed E-state index contributed by atoms with van der Waals surface area (Å²) < 4.78 is 16.4. The number of carbonyl (C=O) groups excluding carboxylic acids is 1. The number of benzene rings is 2. The molecule has 0 saturated heterocycles. The third-order valence-electron chi connectivity index (χ3n) is 4.01. The fourth-order valence-electron chi connectivity index (χ4n) is 2.72. The van der Waals surface area contributed by atoms with Crippen molar-refractivity contribution >= 4 is 17.5 Å². The van der Waals surface area contributed by atoms with Crippen LogP contribution in [-0.4, -0.2) is 36.0 Å². The third-order valence-corrected chi connectivity index (χ3v) is 4.01. The van der Waals surface area contributed by atoms with E-state index >= 15 is 0 Å². The first kappa shape index (κ1) is 18.2. The lowest BCUT2D eigenvalue weighted by Gasteiger charge is -2.19. The number of para-hydroxylation sites is 1. The maximum Gasteiger partial charge on any atom is 0.278 e. The second-order valence-corrected chi connectivity index (χ2v) is 5.62. The van der Waals surface area contributed by atoms with E-state index in [4.69, 9.17) is 14.2 Å². The van der Waals surface area contributed by atoms with E-state index in [1.807, 2.05) is 0 Å². The number of methoxy groups -OCH3 is 2. The molecule has 1 atom stereocenters. The van der Waals surface area contributed by atoms with Crippen LogP contribution < -0.4 is 9.47 Å². The normalized spacial score (nSPS) is 15.7. The molecule has 0 N–H and O–H groups in total. The molecule has 0 aromatic heterocycles. The molecule has 1 aliphatic heterocycles. The summed E-state index contributed by atoms with van der Waals surface area (Å²) in [6.45, 7) is 1.31. The summed E-state index contributed by atoms with van der Waals surface area (Å²) in [7, 11) is 3.01. The van der Waals surface area contributed by atoms with Crippen LogP contribution in [0, 0.1) is 10.1 Å². The van der Waals surface area contributed by atoms with Crippen molar-refractivity contribution in [3.8, 4) is 11.5 Å². The molecule has 2 aromatic carbocycles. The zero-order valence-corrected chi connectivity index (χ0v) is 14.9. The van der Waals surface area contributed by atoms with Crippen LogP contribution in [0.15, 0.2) is 47.6 Å². The van der Waals surface area contributed by atoms with Crippen molar-refractivity contribution in [3.63, 3.8) is 0 Å². The minimum Gasteiger partial charge on any atom is -0.497 e. The van der Waals surface area contributed by atoms with Gasteiger partial charge in [-0.05, 0) is 18.2 Å². The molecule has 0 radical (unpaired) electrons. The van der Waals surface area contributed by atoms with E-state index in [2.05, 4.69) is 5.10 Å². The topological polar surface area (TPSA) is 104 Å². The number of nitro benzene ring substituents is 1. The van der Waals surface area contributed by atoms with Crippen LogP contribution >= 0.6 is 0 Å². The first-order chi connectivity index (χ1) is 13.0. The molecular weight excluding hydrogens is 354 g/mol. The number of hydrazone groups is 1. The van der Waals surface area contributed by atoms with Crippen molar-refractivity contribution in [2.75, 3.05) is 14.2 Å².